The molecule has 0 spiro atoms. The number of carbonyl (C=O) groups is 2. The number of nitrogens with zero attached hydrogens (tertiary/aromatic N) is 1. The van der Waals surface area contributed by atoms with Gasteiger partial charge in [0.15, 0.2) is 0 Å². The van der Waals surface area contributed by atoms with Crippen LogP contribution in [0.2, 0.25) is 0 Å². The monoisotopic (exact) mass is 284 g/mol. The molecule has 4 N–H and O–H groups in total. The van der Waals surface area contributed by atoms with Crippen LogP contribution in [0.4, 0.5) is 4.79 Å². The van der Waals surface area contributed by atoms with E-state index in [0.717, 1.165) is 0 Å². The van der Waals surface area contributed by atoms with E-state index >= 15 is 0 Å². The number of carboxylic acids is 1. The number of aromatic nitrogens is 2. The number of H-pyrrole nitrogens is 1. The Morgan fingerprint density at radius 2 is 2.30 bits per heavy atom. The number of urea groups is 1. The number of nitrogens with one attached hydrogen (secondary N) is 3. The first-order valence-corrected chi connectivity index (χ1v) is 6.39. The molecule has 2 atom stereocenters. The Labute approximate surface area is 116 Å². The van der Waals surface area contributed by atoms with Crippen molar-refractivity contribution in [1.29, 1.82) is 0 Å². The molecule has 1 unspecified atom stereocenters. The summed E-state index contributed by atoms with van der Waals surface area (Å²) < 4.78 is 5.26. The van der Waals surface area contributed by atoms with Gasteiger partial charge >= 0.3 is 12.0 Å². The first-order valence-electron chi connectivity index (χ1n) is 6.39. The molecular formula is C12H20N4O4. The molecule has 1 heterocycles. The van der Waals surface area contributed by atoms with E-state index in [-0.39, 0.29) is 12.5 Å². The quantitative estimate of drug-likeness (QED) is 0.541. The molecule has 0 aliphatic heterocycles. The van der Waals surface area contributed by atoms with E-state index in [0.29, 0.717) is 18.8 Å². The molecule has 8 heteroatoms. The van der Waals surface area contributed by atoms with Crippen molar-refractivity contribution in [3.63, 3.8) is 0 Å². The van der Waals surface area contributed by atoms with Crippen LogP contribution >= 0.6 is 0 Å². The van der Waals surface area contributed by atoms with Gasteiger partial charge in [-0.25, -0.2) is 14.6 Å². The molecule has 0 aromatic carbocycles. The zero-order valence-corrected chi connectivity index (χ0v) is 11.5. The summed E-state index contributed by atoms with van der Waals surface area (Å²) in [5, 5.41) is 14.0. The normalized spacial score (nSPS) is 13.5. The molecule has 1 aromatic heterocycles. The van der Waals surface area contributed by atoms with Crippen molar-refractivity contribution >= 4 is 12.0 Å². The SMILES string of the molecule is CCOC(C)CNC(=O)N[C@H](Cc1cnc[nH]1)C(=O)O. The average Bonchev–Trinajstić information content (AvgIpc) is 2.89. The molecule has 0 aliphatic carbocycles. The minimum atomic E-state index is -1.10. The summed E-state index contributed by atoms with van der Waals surface area (Å²) in [6, 6.07) is -1.55. The van der Waals surface area contributed by atoms with Crippen molar-refractivity contribution in [1.82, 2.24) is 20.6 Å². The van der Waals surface area contributed by atoms with Crippen molar-refractivity contribution < 1.29 is 19.4 Å². The van der Waals surface area contributed by atoms with Crippen LogP contribution in [0.3, 0.4) is 0 Å². The summed E-state index contributed by atoms with van der Waals surface area (Å²) in [5.41, 5.74) is 0.639. The van der Waals surface area contributed by atoms with Crippen molar-refractivity contribution in [3.8, 4) is 0 Å². The fraction of sp³-hybridized carbons (Fsp3) is 0.583. The van der Waals surface area contributed by atoms with Gasteiger partial charge in [0.05, 0.1) is 12.4 Å². The van der Waals surface area contributed by atoms with Crippen LogP contribution in [-0.2, 0) is 16.0 Å². The van der Waals surface area contributed by atoms with E-state index in [9.17, 15) is 9.59 Å². The minimum absolute atomic E-state index is 0.123. The Morgan fingerprint density at radius 1 is 1.55 bits per heavy atom. The van der Waals surface area contributed by atoms with Crippen LogP contribution in [0, 0.1) is 0 Å². The number of aromatic amines is 1. The van der Waals surface area contributed by atoms with Crippen molar-refractivity contribution in [2.45, 2.75) is 32.4 Å². The number of carboxylic acid groups (broad SMARTS) is 1. The molecule has 0 radical (unpaired) electrons. The average molecular weight is 284 g/mol. The van der Waals surface area contributed by atoms with E-state index < -0.39 is 18.0 Å². The molecule has 8 nitrogen and oxygen atoms in total. The summed E-state index contributed by atoms with van der Waals surface area (Å²) >= 11 is 0. The van der Waals surface area contributed by atoms with E-state index in [1.54, 1.807) is 0 Å². The summed E-state index contributed by atoms with van der Waals surface area (Å²) in [7, 11) is 0. The minimum Gasteiger partial charge on any atom is -0.480 e. The highest BCUT2D eigenvalue weighted by atomic mass is 16.5. The van der Waals surface area contributed by atoms with Crippen LogP contribution in [-0.4, -0.2) is 52.4 Å². The van der Waals surface area contributed by atoms with Gasteiger partial charge in [-0.15, -0.1) is 0 Å². The van der Waals surface area contributed by atoms with E-state index in [1.807, 2.05) is 13.8 Å². The van der Waals surface area contributed by atoms with Crippen LogP contribution in [0.1, 0.15) is 19.5 Å². The van der Waals surface area contributed by atoms with Crippen LogP contribution < -0.4 is 10.6 Å². The molecule has 0 bridgehead atoms. The van der Waals surface area contributed by atoms with Gasteiger partial charge < -0.3 is 25.5 Å². The van der Waals surface area contributed by atoms with E-state index in [4.69, 9.17) is 9.84 Å². The number of amides is 2. The molecule has 0 aliphatic rings. The highest BCUT2D eigenvalue weighted by Gasteiger charge is 2.21. The molecule has 112 valence electrons. The second-order valence-corrected chi connectivity index (χ2v) is 4.29. The maximum Gasteiger partial charge on any atom is 0.326 e. The van der Waals surface area contributed by atoms with Crippen LogP contribution in [0.15, 0.2) is 12.5 Å². The van der Waals surface area contributed by atoms with Gasteiger partial charge in [-0.1, -0.05) is 0 Å². The zero-order valence-electron chi connectivity index (χ0n) is 11.5. The predicted molar refractivity (Wildman–Crippen MR) is 71.3 cm³/mol. The van der Waals surface area contributed by atoms with E-state index in [2.05, 4.69) is 20.6 Å². The number of hydrogen-bond acceptors (Lipinski definition) is 4. The number of ether oxygens (including phenoxy) is 1. The lowest BCUT2D eigenvalue weighted by atomic mass is 10.2. The Balaban J connectivity index is 2.41. The van der Waals surface area contributed by atoms with Crippen molar-refractivity contribution in [2.75, 3.05) is 13.2 Å². The highest BCUT2D eigenvalue weighted by molar-refractivity contribution is 5.82. The lowest BCUT2D eigenvalue weighted by Crippen LogP contribution is -2.48. The third kappa shape index (κ3) is 5.70. The summed E-state index contributed by atoms with van der Waals surface area (Å²) in [6.45, 7) is 4.56. The molecule has 1 aromatic rings. The molecule has 0 saturated carbocycles. The fourth-order valence-electron chi connectivity index (χ4n) is 1.61. The second kappa shape index (κ2) is 8.16. The fourth-order valence-corrected chi connectivity index (χ4v) is 1.61. The van der Waals surface area contributed by atoms with Gasteiger partial charge in [0.25, 0.3) is 0 Å². The smallest absolute Gasteiger partial charge is 0.326 e. The van der Waals surface area contributed by atoms with Gasteiger partial charge in [0.2, 0.25) is 0 Å². The molecule has 0 saturated heterocycles. The first kappa shape index (κ1) is 16.0. The van der Waals surface area contributed by atoms with Gasteiger partial charge in [0, 0.05) is 31.5 Å². The Kier molecular flexibility index (Phi) is 6.51. The number of hydrogen-bond donors (Lipinski definition) is 4. The lowest BCUT2D eigenvalue weighted by Gasteiger charge is -2.16. The number of aliphatic carboxylic acids is 1. The Bertz CT molecular complexity index is 421. The molecule has 20 heavy (non-hydrogen) atoms. The molecule has 2 amide bonds. The Hall–Kier alpha value is -2.09. The first-order chi connectivity index (χ1) is 9.52. The second-order valence-electron chi connectivity index (χ2n) is 4.29. The highest BCUT2D eigenvalue weighted by Crippen LogP contribution is 1.98. The van der Waals surface area contributed by atoms with Crippen molar-refractivity contribution in [3.05, 3.63) is 18.2 Å². The number of carbonyl (C=O) groups excluding carboxylic acids is 1. The van der Waals surface area contributed by atoms with Gasteiger partial charge in [0.1, 0.15) is 6.04 Å². The third-order valence-corrected chi connectivity index (χ3v) is 2.58. The Morgan fingerprint density at radius 3 is 2.85 bits per heavy atom. The van der Waals surface area contributed by atoms with Gasteiger partial charge in [-0.3, -0.25) is 0 Å². The number of rotatable bonds is 8. The van der Waals surface area contributed by atoms with Crippen LogP contribution in [0.25, 0.3) is 0 Å². The summed E-state index contributed by atoms with van der Waals surface area (Å²) in [4.78, 5) is 29.3. The largest absolute Gasteiger partial charge is 0.480 e. The van der Waals surface area contributed by atoms with E-state index in [1.165, 1.54) is 12.5 Å². The summed E-state index contributed by atoms with van der Waals surface area (Å²) in [6.07, 6.45) is 3.00. The molecular weight excluding hydrogens is 264 g/mol. The molecule has 1 rings (SSSR count). The topological polar surface area (TPSA) is 116 Å². The maximum absolute atomic E-state index is 11.6. The number of imidazole rings is 1. The summed E-state index contributed by atoms with van der Waals surface area (Å²) in [5.74, 6) is -1.10. The molecule has 0 fully saturated rings. The van der Waals surface area contributed by atoms with Crippen LogP contribution in [0.5, 0.6) is 0 Å². The van der Waals surface area contributed by atoms with Gasteiger partial charge in [-0.2, -0.15) is 0 Å². The maximum atomic E-state index is 11.6. The van der Waals surface area contributed by atoms with Crippen molar-refractivity contribution in [2.24, 2.45) is 0 Å². The standard InChI is InChI=1S/C12H20N4O4/c1-3-20-8(2)5-14-12(19)16-10(11(17)18)4-9-6-13-7-15-9/h6-8,10H,3-5H2,1-2H3,(H,13,15)(H,17,18)(H2,14,16,19)/t8?,10-/m1/s1. The third-order valence-electron chi connectivity index (χ3n) is 2.58. The predicted octanol–water partition coefficient (Wildman–Crippen LogP) is 0.130. The van der Waals surface area contributed by atoms with Gasteiger partial charge in [-0.05, 0) is 13.8 Å². The lowest BCUT2D eigenvalue weighted by molar-refractivity contribution is -0.139. The zero-order chi connectivity index (χ0) is 15.0.